The van der Waals surface area contributed by atoms with Gasteiger partial charge in [-0.2, -0.15) is 0 Å². The van der Waals surface area contributed by atoms with Crippen molar-refractivity contribution in [3.63, 3.8) is 0 Å². The highest BCUT2D eigenvalue weighted by atomic mass is 127. The second kappa shape index (κ2) is 12.9. The first-order valence-corrected chi connectivity index (χ1v) is 17.1. The number of amides is 2. The van der Waals surface area contributed by atoms with E-state index >= 15 is 0 Å². The van der Waals surface area contributed by atoms with Gasteiger partial charge in [-0.1, -0.05) is 36.4 Å². The monoisotopic (exact) mass is 750 g/mol. The zero-order valence-corrected chi connectivity index (χ0v) is 29.5. The molecule has 2 fully saturated rings. The van der Waals surface area contributed by atoms with Crippen molar-refractivity contribution in [1.82, 2.24) is 20.2 Å². The first kappa shape index (κ1) is 33.2. The largest absolute Gasteiger partial charge is 0.497 e. The van der Waals surface area contributed by atoms with Crippen molar-refractivity contribution in [2.24, 2.45) is 0 Å². The number of nitrogens with one attached hydrogen (secondary N) is 1. The molecule has 3 heterocycles. The van der Waals surface area contributed by atoms with Gasteiger partial charge in [0.25, 0.3) is 0 Å². The quantitative estimate of drug-likeness (QED) is 0.162. The van der Waals surface area contributed by atoms with Crippen LogP contribution in [0.3, 0.4) is 0 Å². The summed E-state index contributed by atoms with van der Waals surface area (Å²) in [6, 6.07) is 6.48. The van der Waals surface area contributed by atoms with Gasteiger partial charge in [-0.3, -0.25) is 9.69 Å². The molecule has 5 rings (SSSR count). The Balaban J connectivity index is 1.46. The van der Waals surface area contributed by atoms with Gasteiger partial charge >= 0.3 is 12.1 Å². The molecule has 1 aromatic carbocycles. The topological polar surface area (TPSA) is 129 Å². The van der Waals surface area contributed by atoms with Gasteiger partial charge in [0.15, 0.2) is 5.54 Å². The minimum absolute atomic E-state index is 0.108. The number of nitrogens with zero attached hydrogens (tertiary/aromatic N) is 3. The SMILES string of the molecule is CCOC(=O)[C@@]1(NC(=O)[C@@H]2C[C@@H](Oc3cc(-c4nc(C(C)C)cs4)nc4cc(OC)ccc34)CN2C(=O)OC(C)(C)C)C[C@H]1I. The van der Waals surface area contributed by atoms with E-state index in [2.05, 4.69) is 41.8 Å². The first-order valence-electron chi connectivity index (χ1n) is 15.0. The summed E-state index contributed by atoms with van der Waals surface area (Å²) in [6.45, 7) is 11.5. The van der Waals surface area contributed by atoms with Gasteiger partial charge in [0.05, 0.1) is 31.5 Å². The lowest BCUT2D eigenvalue weighted by molar-refractivity contribution is -0.149. The maximum Gasteiger partial charge on any atom is 0.411 e. The molecule has 1 saturated carbocycles. The zero-order chi connectivity index (χ0) is 32.7. The number of methoxy groups -OCH3 is 1. The number of hydrogen-bond donors (Lipinski definition) is 1. The number of carbonyl (C=O) groups excluding carboxylic acids is 3. The Morgan fingerprint density at radius 2 is 1.93 bits per heavy atom. The molecule has 11 nitrogen and oxygen atoms in total. The lowest BCUT2D eigenvalue weighted by Gasteiger charge is -2.28. The first-order chi connectivity index (χ1) is 21.2. The van der Waals surface area contributed by atoms with Crippen molar-refractivity contribution in [3.8, 4) is 22.2 Å². The second-order valence-electron chi connectivity index (χ2n) is 12.6. The highest BCUT2D eigenvalue weighted by Gasteiger charge is 2.62. The minimum Gasteiger partial charge on any atom is -0.497 e. The van der Waals surface area contributed by atoms with Crippen molar-refractivity contribution in [2.45, 2.75) is 87.5 Å². The molecule has 242 valence electrons. The number of likely N-dealkylation sites (tertiary alicyclic amines) is 1. The summed E-state index contributed by atoms with van der Waals surface area (Å²) in [5.74, 6) is 0.548. The van der Waals surface area contributed by atoms with Crippen LogP contribution in [0, 0.1) is 0 Å². The standard InChI is InChI=1S/C32H39IN4O7S/c1-8-42-29(39)32(14-26(32)33)36-27(38)24-12-19(15-37(24)30(40)44-31(4,5)6)43-25-13-22(28-35-23(16-45-28)17(2)3)34-21-11-18(41-7)9-10-20(21)25/h9-11,13,16-17,19,24,26H,8,12,14-15H2,1-7H3,(H,36,38)/t19-,24+,26-,32-/m1/s1. The Kier molecular flexibility index (Phi) is 9.50. The molecule has 0 unspecified atom stereocenters. The van der Waals surface area contributed by atoms with Crippen LogP contribution in [0.15, 0.2) is 29.6 Å². The van der Waals surface area contributed by atoms with Gasteiger partial charge in [-0.15, -0.1) is 11.3 Å². The fourth-order valence-corrected chi connectivity index (χ4v) is 7.24. The Hall–Kier alpha value is -3.20. The number of benzene rings is 1. The Bertz CT molecular complexity index is 1610. The summed E-state index contributed by atoms with van der Waals surface area (Å²) in [5.41, 5.74) is 0.414. The van der Waals surface area contributed by atoms with Crippen molar-refractivity contribution in [2.75, 3.05) is 20.3 Å². The summed E-state index contributed by atoms with van der Waals surface area (Å²) in [5, 5.41) is 6.44. The van der Waals surface area contributed by atoms with Crippen LogP contribution in [0.5, 0.6) is 11.5 Å². The number of aromatic nitrogens is 2. The maximum absolute atomic E-state index is 13.8. The zero-order valence-electron chi connectivity index (χ0n) is 26.5. The number of carbonyl (C=O) groups is 3. The summed E-state index contributed by atoms with van der Waals surface area (Å²) < 4.78 is 22.9. The van der Waals surface area contributed by atoms with E-state index in [0.717, 1.165) is 16.1 Å². The van der Waals surface area contributed by atoms with Crippen LogP contribution in [0.25, 0.3) is 21.6 Å². The van der Waals surface area contributed by atoms with E-state index in [4.69, 9.17) is 28.9 Å². The van der Waals surface area contributed by atoms with Crippen LogP contribution in [0.2, 0.25) is 0 Å². The smallest absolute Gasteiger partial charge is 0.411 e. The molecule has 0 bridgehead atoms. The van der Waals surface area contributed by atoms with Gasteiger partial charge in [-0.25, -0.2) is 19.6 Å². The molecule has 4 atom stereocenters. The second-order valence-corrected chi connectivity index (χ2v) is 15.0. The van der Waals surface area contributed by atoms with E-state index in [0.29, 0.717) is 29.1 Å². The Morgan fingerprint density at radius 1 is 1.20 bits per heavy atom. The van der Waals surface area contributed by atoms with Crippen LogP contribution in [-0.2, 0) is 19.1 Å². The third-order valence-electron chi connectivity index (χ3n) is 7.66. The molecular formula is C32H39IN4O7S. The number of fused-ring (bicyclic) bond motifs is 1. The van der Waals surface area contributed by atoms with Gasteiger partial charge in [0.1, 0.15) is 39.9 Å². The fourth-order valence-electron chi connectivity index (χ4n) is 5.19. The molecule has 2 amide bonds. The van der Waals surface area contributed by atoms with E-state index in [1.807, 2.05) is 29.6 Å². The molecule has 45 heavy (non-hydrogen) atoms. The predicted molar refractivity (Wildman–Crippen MR) is 179 cm³/mol. The Labute approximate surface area is 280 Å². The summed E-state index contributed by atoms with van der Waals surface area (Å²) in [7, 11) is 1.60. The summed E-state index contributed by atoms with van der Waals surface area (Å²) >= 11 is 3.65. The van der Waals surface area contributed by atoms with Gasteiger partial charge in [0, 0.05) is 33.2 Å². The van der Waals surface area contributed by atoms with Crippen molar-refractivity contribution < 1.29 is 33.3 Å². The minimum atomic E-state index is -1.11. The number of rotatable bonds is 9. The molecule has 1 aliphatic heterocycles. The van der Waals surface area contributed by atoms with Gasteiger partial charge in [-0.05, 0) is 52.2 Å². The van der Waals surface area contributed by atoms with Crippen LogP contribution in [0.1, 0.15) is 66.0 Å². The average molecular weight is 751 g/mol. The van der Waals surface area contributed by atoms with Crippen LogP contribution in [0.4, 0.5) is 4.79 Å². The third kappa shape index (κ3) is 7.13. The number of pyridine rings is 1. The van der Waals surface area contributed by atoms with E-state index in [-0.39, 0.29) is 29.4 Å². The van der Waals surface area contributed by atoms with Crippen molar-refractivity contribution in [3.05, 3.63) is 35.3 Å². The Morgan fingerprint density at radius 3 is 2.53 bits per heavy atom. The summed E-state index contributed by atoms with van der Waals surface area (Å²) in [6.07, 6.45) is -0.527. The maximum atomic E-state index is 13.8. The molecule has 1 saturated heterocycles. The molecule has 2 aromatic heterocycles. The number of hydrogen-bond acceptors (Lipinski definition) is 10. The van der Waals surface area contributed by atoms with Crippen LogP contribution < -0.4 is 14.8 Å². The van der Waals surface area contributed by atoms with E-state index in [1.165, 1.54) is 16.2 Å². The molecule has 0 spiro atoms. The number of thiazole rings is 1. The van der Waals surface area contributed by atoms with E-state index in [1.54, 1.807) is 34.8 Å². The molecule has 2 aliphatic rings. The molecule has 0 radical (unpaired) electrons. The van der Waals surface area contributed by atoms with Crippen LogP contribution >= 0.6 is 33.9 Å². The highest BCUT2D eigenvalue weighted by molar-refractivity contribution is 14.1. The van der Waals surface area contributed by atoms with E-state index < -0.39 is 41.3 Å². The summed E-state index contributed by atoms with van der Waals surface area (Å²) in [4.78, 5) is 50.9. The molecule has 13 heteroatoms. The van der Waals surface area contributed by atoms with E-state index in [9.17, 15) is 14.4 Å². The lowest BCUT2D eigenvalue weighted by Crippen LogP contribution is -2.54. The molecule has 1 aliphatic carbocycles. The number of ether oxygens (including phenoxy) is 4. The fraction of sp³-hybridized carbons (Fsp3) is 0.531. The number of alkyl halides is 1. The van der Waals surface area contributed by atoms with Gasteiger partial charge < -0.3 is 24.3 Å². The third-order valence-corrected chi connectivity index (χ3v) is 10.0. The number of halogens is 1. The van der Waals surface area contributed by atoms with Crippen molar-refractivity contribution in [1.29, 1.82) is 0 Å². The van der Waals surface area contributed by atoms with Crippen LogP contribution in [-0.4, -0.2) is 80.3 Å². The number of esters is 1. The molecule has 3 aromatic rings. The molecule has 1 N–H and O–H groups in total. The van der Waals surface area contributed by atoms with Gasteiger partial charge in [0.2, 0.25) is 5.91 Å². The average Bonchev–Trinajstić information content (AvgIpc) is 3.33. The highest BCUT2D eigenvalue weighted by Crippen LogP contribution is 2.45. The molecular weight excluding hydrogens is 711 g/mol. The van der Waals surface area contributed by atoms with Crippen molar-refractivity contribution >= 4 is 62.8 Å². The normalized spacial score (nSPS) is 22.8. The predicted octanol–water partition coefficient (Wildman–Crippen LogP) is 5.87. The lowest BCUT2D eigenvalue weighted by atomic mass is 10.1.